The van der Waals surface area contributed by atoms with Crippen LogP contribution in [0.5, 0.6) is 0 Å². The molecule has 0 bridgehead atoms. The number of carbonyl (C=O) groups is 6. The summed E-state index contributed by atoms with van der Waals surface area (Å²) in [6.07, 6.45) is -5.06. The van der Waals surface area contributed by atoms with Crippen molar-refractivity contribution < 1.29 is 61.6 Å². The Morgan fingerprint density at radius 2 is 1.56 bits per heavy atom. The number of nitrogens with zero attached hydrogens (tertiary/aromatic N) is 5. The van der Waals surface area contributed by atoms with Gasteiger partial charge in [0.25, 0.3) is 0 Å². The van der Waals surface area contributed by atoms with Gasteiger partial charge in [0, 0.05) is 30.7 Å². The molecular weight excluding hydrogens is 797 g/mol. The number of rotatable bonds is 15. The molecular formula is C40H51ClFN5O12. The number of ether oxygens (including phenoxy) is 6. The zero-order valence-electron chi connectivity index (χ0n) is 34.8. The van der Waals surface area contributed by atoms with Crippen molar-refractivity contribution in [2.45, 2.75) is 123 Å². The van der Waals surface area contributed by atoms with Gasteiger partial charge in [0.05, 0.1) is 32.8 Å². The summed E-state index contributed by atoms with van der Waals surface area (Å²) in [6, 6.07) is 6.25. The van der Waals surface area contributed by atoms with Crippen LogP contribution in [0.2, 0.25) is 5.28 Å². The number of anilines is 1. The molecule has 0 spiro atoms. The molecule has 1 saturated heterocycles. The molecule has 59 heavy (non-hydrogen) atoms. The fourth-order valence-electron chi connectivity index (χ4n) is 6.09. The summed E-state index contributed by atoms with van der Waals surface area (Å²) in [6.45, 7) is 13.4. The number of imide groups is 1. The first kappa shape index (κ1) is 46.6. The van der Waals surface area contributed by atoms with Crippen LogP contribution in [0.3, 0.4) is 0 Å². The van der Waals surface area contributed by atoms with E-state index >= 15 is 4.39 Å². The van der Waals surface area contributed by atoms with Crippen molar-refractivity contribution in [2.75, 3.05) is 25.2 Å². The van der Waals surface area contributed by atoms with Crippen LogP contribution in [0.25, 0.3) is 11.2 Å². The molecule has 1 fully saturated rings. The standard InChI is InChI=1S/C40H51ClFN5O12/c1-11-55-34(51)40(23(3)48,19-24-15-17-25(18-16-24)26(49)13-12-14-28(50)54-10)56-20-27-22(2)29(42)33(57-27)46-21-43-30-31(46)44-35(41)45-32(30)47(36(52)58-38(4,5)6)37(53)59-39(7,8)9/h15-18,21-22,27,29,33H,11-14,19-20H2,1-10H3/t22-,27-,29+,33-,40?/m1/s1. The molecule has 3 heterocycles. The lowest BCUT2D eigenvalue weighted by Crippen LogP contribution is -2.52. The first-order chi connectivity index (χ1) is 27.5. The molecule has 2 aromatic heterocycles. The average Bonchev–Trinajstić information content (AvgIpc) is 3.67. The maximum atomic E-state index is 16.3. The first-order valence-corrected chi connectivity index (χ1v) is 19.4. The molecule has 1 aliphatic rings. The molecule has 0 radical (unpaired) electrons. The number of halogens is 2. The molecule has 0 aliphatic carbocycles. The second-order valence-corrected chi connectivity index (χ2v) is 16.3. The second kappa shape index (κ2) is 18.9. The molecule has 1 aromatic carbocycles. The Balaban J connectivity index is 1.62. The number of benzene rings is 1. The number of hydrogen-bond donors (Lipinski definition) is 0. The lowest BCUT2D eigenvalue weighted by atomic mass is 9.89. The minimum Gasteiger partial charge on any atom is -0.469 e. The van der Waals surface area contributed by atoms with Crippen LogP contribution in [0.1, 0.15) is 104 Å². The number of esters is 2. The third kappa shape index (κ3) is 11.4. The Morgan fingerprint density at radius 1 is 0.949 bits per heavy atom. The lowest BCUT2D eigenvalue weighted by Gasteiger charge is -2.31. The number of ketones is 2. The van der Waals surface area contributed by atoms with E-state index in [0.29, 0.717) is 22.4 Å². The van der Waals surface area contributed by atoms with Crippen molar-refractivity contribution in [3.63, 3.8) is 0 Å². The van der Waals surface area contributed by atoms with E-state index in [2.05, 4.69) is 19.7 Å². The maximum absolute atomic E-state index is 16.3. The van der Waals surface area contributed by atoms with E-state index in [-0.39, 0.29) is 48.6 Å². The monoisotopic (exact) mass is 847 g/mol. The fourth-order valence-corrected chi connectivity index (χ4v) is 6.25. The normalized spacial score (nSPS) is 19.1. The number of alkyl halides is 1. The quantitative estimate of drug-likeness (QED) is 0.0513. The topological polar surface area (TPSA) is 205 Å². The Labute approximate surface area is 346 Å². The summed E-state index contributed by atoms with van der Waals surface area (Å²) in [7, 11) is 1.27. The molecule has 0 saturated carbocycles. The minimum atomic E-state index is -2.17. The number of amides is 2. The van der Waals surface area contributed by atoms with Gasteiger partial charge in [0.15, 0.2) is 40.9 Å². The summed E-state index contributed by atoms with van der Waals surface area (Å²) < 4.78 is 50.6. The number of Topliss-reactive ketones (excluding diaryl/α,β-unsaturated/α-hetero) is 2. The fraction of sp³-hybridized carbons (Fsp3) is 0.575. The van der Waals surface area contributed by atoms with Crippen molar-refractivity contribution in [1.29, 1.82) is 0 Å². The number of imidazole rings is 1. The zero-order chi connectivity index (χ0) is 44.0. The average molecular weight is 848 g/mol. The van der Waals surface area contributed by atoms with Crippen LogP contribution in [0.15, 0.2) is 30.6 Å². The molecule has 5 atom stereocenters. The highest BCUT2D eigenvalue weighted by Crippen LogP contribution is 2.40. The van der Waals surface area contributed by atoms with E-state index in [1.807, 2.05) is 0 Å². The van der Waals surface area contributed by atoms with Crippen molar-refractivity contribution in [3.05, 3.63) is 47.0 Å². The van der Waals surface area contributed by atoms with Gasteiger partial charge in [-0.25, -0.2) is 23.8 Å². The van der Waals surface area contributed by atoms with Gasteiger partial charge >= 0.3 is 24.1 Å². The van der Waals surface area contributed by atoms with E-state index < -0.39 is 83.0 Å². The van der Waals surface area contributed by atoms with Gasteiger partial charge in [0.1, 0.15) is 11.2 Å². The van der Waals surface area contributed by atoms with Gasteiger partial charge in [-0.1, -0.05) is 31.2 Å². The molecule has 1 aliphatic heterocycles. The summed E-state index contributed by atoms with van der Waals surface area (Å²) in [4.78, 5) is 91.0. The minimum absolute atomic E-state index is 0.0689. The molecule has 0 N–H and O–H groups in total. The van der Waals surface area contributed by atoms with E-state index in [1.54, 1.807) is 79.7 Å². The van der Waals surface area contributed by atoms with Crippen LogP contribution in [-0.2, 0) is 49.2 Å². The predicted octanol–water partition coefficient (Wildman–Crippen LogP) is 6.70. The molecule has 4 rings (SSSR count). The number of fused-ring (bicyclic) bond motifs is 1. The van der Waals surface area contributed by atoms with Gasteiger partial charge in [0.2, 0.25) is 10.9 Å². The maximum Gasteiger partial charge on any atom is 0.425 e. The summed E-state index contributed by atoms with van der Waals surface area (Å²) in [5.74, 6) is -3.55. The summed E-state index contributed by atoms with van der Waals surface area (Å²) >= 11 is 6.33. The molecule has 1 unspecified atom stereocenters. The molecule has 3 aromatic rings. The Kier molecular flexibility index (Phi) is 14.9. The highest BCUT2D eigenvalue weighted by atomic mass is 35.5. The number of methoxy groups -OCH3 is 1. The van der Waals surface area contributed by atoms with Crippen LogP contribution < -0.4 is 4.90 Å². The summed E-state index contributed by atoms with van der Waals surface area (Å²) in [5, 5.41) is -0.427. The van der Waals surface area contributed by atoms with Crippen molar-refractivity contribution in [2.24, 2.45) is 5.92 Å². The van der Waals surface area contributed by atoms with Gasteiger partial charge < -0.3 is 28.4 Å². The van der Waals surface area contributed by atoms with Gasteiger partial charge in [-0.3, -0.25) is 19.0 Å². The highest BCUT2D eigenvalue weighted by Gasteiger charge is 2.50. The Morgan fingerprint density at radius 3 is 2.10 bits per heavy atom. The smallest absolute Gasteiger partial charge is 0.425 e. The van der Waals surface area contributed by atoms with Gasteiger partial charge in [-0.05, 0) is 79.0 Å². The molecule has 17 nitrogen and oxygen atoms in total. The lowest BCUT2D eigenvalue weighted by molar-refractivity contribution is -0.182. The Hall–Kier alpha value is -5.07. The third-order valence-corrected chi connectivity index (χ3v) is 9.27. The van der Waals surface area contributed by atoms with Crippen LogP contribution in [0.4, 0.5) is 19.8 Å². The molecule has 19 heteroatoms. The highest BCUT2D eigenvalue weighted by molar-refractivity contribution is 6.29. The number of carbonyl (C=O) groups excluding carboxylic acids is 6. The number of aromatic nitrogens is 4. The molecule has 2 amide bonds. The van der Waals surface area contributed by atoms with E-state index in [4.69, 9.17) is 35.3 Å². The second-order valence-electron chi connectivity index (χ2n) is 15.9. The number of hydrogen-bond acceptors (Lipinski definition) is 15. The first-order valence-electron chi connectivity index (χ1n) is 19.0. The van der Waals surface area contributed by atoms with Crippen LogP contribution >= 0.6 is 11.6 Å². The Bertz CT molecular complexity index is 2020. The predicted molar refractivity (Wildman–Crippen MR) is 210 cm³/mol. The van der Waals surface area contributed by atoms with Crippen LogP contribution in [-0.4, -0.2) is 105 Å². The largest absolute Gasteiger partial charge is 0.469 e. The molecule has 322 valence electrons. The van der Waals surface area contributed by atoms with E-state index in [1.165, 1.54) is 24.9 Å². The summed E-state index contributed by atoms with van der Waals surface area (Å²) in [5.41, 5.74) is -3.65. The van der Waals surface area contributed by atoms with Gasteiger partial charge in [-0.15, -0.1) is 0 Å². The van der Waals surface area contributed by atoms with Crippen LogP contribution in [0, 0.1) is 5.92 Å². The van der Waals surface area contributed by atoms with Crippen molar-refractivity contribution >= 4 is 64.3 Å². The van der Waals surface area contributed by atoms with Gasteiger partial charge in [-0.2, -0.15) is 14.9 Å². The SMILES string of the molecule is CCOC(=O)C(Cc1ccc(C(=O)CCCC(=O)OC)cc1)(OC[C@H]1O[C@@H](n2cnc3c(N(C(=O)OC(C)(C)C)C(=O)OC(C)(C)C)nc(Cl)nc32)[C@@H](F)[C@@H]1C)C(C)=O. The van der Waals surface area contributed by atoms with Crippen molar-refractivity contribution in [3.8, 4) is 0 Å². The van der Waals surface area contributed by atoms with E-state index in [0.717, 1.165) is 0 Å². The zero-order valence-corrected chi connectivity index (χ0v) is 35.6. The van der Waals surface area contributed by atoms with E-state index in [9.17, 15) is 28.8 Å². The van der Waals surface area contributed by atoms with Crippen molar-refractivity contribution in [1.82, 2.24) is 19.5 Å². The third-order valence-electron chi connectivity index (χ3n) is 9.10.